The zero-order chi connectivity index (χ0) is 34.3. The molecule has 0 atom stereocenters. The van der Waals surface area contributed by atoms with Crippen LogP contribution in [0.25, 0.3) is 0 Å². The van der Waals surface area contributed by atoms with Crippen LogP contribution in [0.2, 0.25) is 0 Å². The summed E-state index contributed by atoms with van der Waals surface area (Å²) >= 11 is 0. The van der Waals surface area contributed by atoms with Crippen LogP contribution in [0.1, 0.15) is 226 Å². The van der Waals surface area contributed by atoms with Gasteiger partial charge in [0.2, 0.25) is 0 Å². The number of hydrogen-bond donors (Lipinski definition) is 0. The minimum atomic E-state index is 0.627. The molecule has 0 aliphatic heterocycles. The average Bonchev–Trinajstić information content (AvgIpc) is 2.85. The molecule has 0 aromatic carbocycles. The lowest BCUT2D eigenvalue weighted by atomic mass is 9.68. The smallest absolute Gasteiger partial charge is 0.0295 e. The standard InChI is InChI=1S/2C22H46/c2*1-18(2)11-9-14-22(17-21(7)8,16-13-20(5)6)15-10-12-19(3)4/h2*18-21H,9-17H2,1-8H3. The van der Waals surface area contributed by atoms with E-state index >= 15 is 0 Å². The second-order valence-electron chi connectivity index (χ2n) is 19.2. The Labute approximate surface area is 283 Å². The Morgan fingerprint density at radius 3 is 0.614 bits per heavy atom. The van der Waals surface area contributed by atoms with Crippen molar-refractivity contribution in [2.45, 2.75) is 226 Å². The van der Waals surface area contributed by atoms with Crippen molar-refractivity contribution < 1.29 is 0 Å². The van der Waals surface area contributed by atoms with E-state index in [9.17, 15) is 0 Å². The summed E-state index contributed by atoms with van der Waals surface area (Å²) in [7, 11) is 0. The Morgan fingerprint density at radius 1 is 0.250 bits per heavy atom. The first-order chi connectivity index (χ1) is 20.3. The summed E-state index contributed by atoms with van der Waals surface area (Å²) in [5.74, 6) is 6.81. The van der Waals surface area contributed by atoms with Gasteiger partial charge in [0.05, 0.1) is 0 Å². The van der Waals surface area contributed by atoms with E-state index < -0.39 is 0 Å². The van der Waals surface area contributed by atoms with Crippen molar-refractivity contribution in [3.8, 4) is 0 Å². The van der Waals surface area contributed by atoms with E-state index in [2.05, 4.69) is 111 Å². The fraction of sp³-hybridized carbons (Fsp3) is 1.00. The maximum Gasteiger partial charge on any atom is -0.0295 e. The molecule has 0 unspecified atom stereocenters. The molecule has 0 fully saturated rings. The van der Waals surface area contributed by atoms with Gasteiger partial charge < -0.3 is 0 Å². The summed E-state index contributed by atoms with van der Waals surface area (Å²) in [6.45, 7) is 38.2. The normalized spacial score (nSPS) is 13.1. The molecule has 0 spiro atoms. The molecule has 0 rings (SSSR count). The van der Waals surface area contributed by atoms with Crippen molar-refractivity contribution >= 4 is 0 Å². The summed E-state index contributed by atoms with van der Waals surface area (Å²) in [4.78, 5) is 0. The van der Waals surface area contributed by atoms with Crippen molar-refractivity contribution in [3.05, 3.63) is 0 Å². The Bertz CT molecular complexity index is 520. The fourth-order valence-corrected chi connectivity index (χ4v) is 7.83. The molecule has 268 valence electrons. The van der Waals surface area contributed by atoms with Gasteiger partial charge in [-0.1, -0.05) is 175 Å². The van der Waals surface area contributed by atoms with Crippen molar-refractivity contribution in [1.29, 1.82) is 0 Å². The molecule has 0 nitrogen and oxygen atoms in total. The van der Waals surface area contributed by atoms with Crippen molar-refractivity contribution in [3.63, 3.8) is 0 Å². The minimum Gasteiger partial charge on any atom is -0.0628 e. The highest BCUT2D eigenvalue weighted by Crippen LogP contribution is 2.44. The molecule has 0 heterocycles. The highest BCUT2D eigenvalue weighted by atomic mass is 14.4. The molecule has 0 aliphatic rings. The Kier molecular flexibility index (Phi) is 27.3. The second kappa shape index (κ2) is 26.0. The lowest BCUT2D eigenvalue weighted by Crippen LogP contribution is -2.24. The van der Waals surface area contributed by atoms with E-state index in [1.807, 2.05) is 0 Å². The van der Waals surface area contributed by atoms with Crippen LogP contribution in [-0.4, -0.2) is 0 Å². The first kappa shape index (κ1) is 46.1. The van der Waals surface area contributed by atoms with Crippen LogP contribution in [0.4, 0.5) is 0 Å². The Balaban J connectivity index is 0. The summed E-state index contributed by atoms with van der Waals surface area (Å²) in [5, 5.41) is 0. The van der Waals surface area contributed by atoms with Crippen LogP contribution in [0.3, 0.4) is 0 Å². The van der Waals surface area contributed by atoms with E-state index in [1.165, 1.54) is 116 Å². The van der Waals surface area contributed by atoms with Gasteiger partial charge in [-0.2, -0.15) is 0 Å². The number of rotatable bonds is 26. The highest BCUT2D eigenvalue weighted by molar-refractivity contribution is 4.83. The van der Waals surface area contributed by atoms with E-state index in [1.54, 1.807) is 0 Å². The number of hydrogen-bond acceptors (Lipinski definition) is 0. The molecule has 0 aromatic heterocycles. The predicted octanol–water partition coefficient (Wildman–Crippen LogP) is 16.2. The SMILES string of the molecule is CC(C)CCCC(CCCC(C)C)(CCC(C)C)CC(C)C.CC(C)CCCC(CCCC(C)C)(CCC(C)C)CC(C)C. The summed E-state index contributed by atoms with van der Waals surface area (Å²) < 4.78 is 0. The van der Waals surface area contributed by atoms with Crippen molar-refractivity contribution in [2.75, 3.05) is 0 Å². The molecule has 0 aliphatic carbocycles. The topological polar surface area (TPSA) is 0 Å². The van der Waals surface area contributed by atoms with E-state index in [0.29, 0.717) is 10.8 Å². The van der Waals surface area contributed by atoms with Gasteiger partial charge >= 0.3 is 0 Å². The highest BCUT2D eigenvalue weighted by Gasteiger charge is 2.31. The Hall–Kier alpha value is 0. The molecule has 0 radical (unpaired) electrons. The van der Waals surface area contributed by atoms with Gasteiger partial charge in [-0.25, -0.2) is 0 Å². The predicted molar refractivity (Wildman–Crippen MR) is 207 cm³/mol. The van der Waals surface area contributed by atoms with Crippen LogP contribution in [0.15, 0.2) is 0 Å². The third kappa shape index (κ3) is 28.2. The lowest BCUT2D eigenvalue weighted by molar-refractivity contribution is 0.146. The monoisotopic (exact) mass is 621 g/mol. The summed E-state index contributed by atoms with van der Waals surface area (Å²) in [5.41, 5.74) is 1.25. The van der Waals surface area contributed by atoms with Crippen LogP contribution in [-0.2, 0) is 0 Å². The molecule has 0 aromatic rings. The van der Waals surface area contributed by atoms with Crippen molar-refractivity contribution in [1.82, 2.24) is 0 Å². The van der Waals surface area contributed by atoms with Gasteiger partial charge in [-0.05, 0) is 110 Å². The molecule has 0 saturated carbocycles. The molecule has 0 bridgehead atoms. The van der Waals surface area contributed by atoms with Gasteiger partial charge in [0.25, 0.3) is 0 Å². The molecule has 0 heteroatoms. The molecule has 0 amide bonds. The third-order valence-corrected chi connectivity index (χ3v) is 10.1. The van der Waals surface area contributed by atoms with E-state index in [-0.39, 0.29) is 0 Å². The first-order valence-electron chi connectivity index (χ1n) is 20.3. The maximum atomic E-state index is 2.43. The first-order valence-corrected chi connectivity index (χ1v) is 20.3. The fourth-order valence-electron chi connectivity index (χ4n) is 7.83. The van der Waals surface area contributed by atoms with Crippen LogP contribution >= 0.6 is 0 Å². The molecule has 0 N–H and O–H groups in total. The second-order valence-corrected chi connectivity index (χ2v) is 19.2. The molecule has 0 saturated heterocycles. The van der Waals surface area contributed by atoms with E-state index in [4.69, 9.17) is 0 Å². The van der Waals surface area contributed by atoms with Gasteiger partial charge in [-0.15, -0.1) is 0 Å². The van der Waals surface area contributed by atoms with E-state index in [0.717, 1.165) is 47.3 Å². The maximum absolute atomic E-state index is 2.43. The van der Waals surface area contributed by atoms with Crippen LogP contribution < -0.4 is 0 Å². The van der Waals surface area contributed by atoms with Crippen molar-refractivity contribution in [2.24, 2.45) is 58.2 Å². The summed E-state index contributed by atoms with van der Waals surface area (Å²) in [6, 6.07) is 0. The largest absolute Gasteiger partial charge is 0.0628 e. The molecular weight excluding hydrogens is 528 g/mol. The minimum absolute atomic E-state index is 0.627. The molecular formula is C44H92. The van der Waals surface area contributed by atoms with Gasteiger partial charge in [-0.3, -0.25) is 0 Å². The van der Waals surface area contributed by atoms with Crippen LogP contribution in [0, 0.1) is 58.2 Å². The van der Waals surface area contributed by atoms with Crippen LogP contribution in [0.5, 0.6) is 0 Å². The molecule has 44 heavy (non-hydrogen) atoms. The zero-order valence-corrected chi connectivity index (χ0v) is 34.3. The average molecular weight is 621 g/mol. The zero-order valence-electron chi connectivity index (χ0n) is 34.3. The van der Waals surface area contributed by atoms with Gasteiger partial charge in [0.15, 0.2) is 0 Å². The summed E-state index contributed by atoms with van der Waals surface area (Å²) in [6.07, 6.45) is 25.9. The quantitative estimate of drug-likeness (QED) is 0.0902. The van der Waals surface area contributed by atoms with Gasteiger partial charge in [0, 0.05) is 0 Å². The third-order valence-electron chi connectivity index (χ3n) is 10.1. The Morgan fingerprint density at radius 2 is 0.455 bits per heavy atom. The van der Waals surface area contributed by atoms with Gasteiger partial charge in [0.1, 0.15) is 0 Å². The lowest BCUT2D eigenvalue weighted by Gasteiger charge is -2.37.